The molecule has 0 aliphatic heterocycles. The van der Waals surface area contributed by atoms with Crippen LogP contribution in [0.5, 0.6) is 5.75 Å². The lowest BCUT2D eigenvalue weighted by Crippen LogP contribution is -2.38. The monoisotopic (exact) mass is 271 g/mol. The molecule has 1 aromatic heterocycles. The molecule has 110 valence electrons. The summed E-state index contributed by atoms with van der Waals surface area (Å²) in [5, 5.41) is 18.1. The Balaban J connectivity index is 2.82. The van der Waals surface area contributed by atoms with Crippen LogP contribution in [0.2, 0.25) is 0 Å². The predicted molar refractivity (Wildman–Crippen MR) is 73.4 cm³/mol. The highest BCUT2D eigenvalue weighted by atomic mass is 16.5. The molecule has 0 bridgehead atoms. The van der Waals surface area contributed by atoms with Crippen molar-refractivity contribution in [3.8, 4) is 5.75 Å². The van der Waals surface area contributed by atoms with Gasteiger partial charge in [0, 0.05) is 26.7 Å². The molecular formula is C13H25N3O3. The predicted octanol–water partition coefficient (Wildman–Crippen LogP) is 0.745. The summed E-state index contributed by atoms with van der Waals surface area (Å²) in [5.74, 6) is 0.618. The summed E-state index contributed by atoms with van der Waals surface area (Å²) in [7, 11) is 3.24. The third kappa shape index (κ3) is 4.19. The summed E-state index contributed by atoms with van der Waals surface area (Å²) >= 11 is 0. The van der Waals surface area contributed by atoms with E-state index in [0.717, 1.165) is 13.0 Å². The van der Waals surface area contributed by atoms with E-state index in [1.165, 1.54) is 0 Å². The molecule has 0 radical (unpaired) electrons. The van der Waals surface area contributed by atoms with Crippen molar-refractivity contribution in [1.29, 1.82) is 0 Å². The second-order valence-corrected chi connectivity index (χ2v) is 4.73. The van der Waals surface area contributed by atoms with Crippen LogP contribution in [0.3, 0.4) is 0 Å². The van der Waals surface area contributed by atoms with E-state index in [9.17, 15) is 5.11 Å². The summed E-state index contributed by atoms with van der Waals surface area (Å²) in [4.78, 5) is 0. The lowest BCUT2D eigenvalue weighted by Gasteiger charge is -2.25. The highest BCUT2D eigenvalue weighted by molar-refractivity contribution is 5.30. The van der Waals surface area contributed by atoms with Gasteiger partial charge in [0.2, 0.25) is 0 Å². The smallest absolute Gasteiger partial charge is 0.162 e. The Morgan fingerprint density at radius 2 is 2.21 bits per heavy atom. The van der Waals surface area contributed by atoms with Crippen LogP contribution in [0.1, 0.15) is 26.0 Å². The molecule has 0 spiro atoms. The second kappa shape index (κ2) is 7.47. The van der Waals surface area contributed by atoms with E-state index in [4.69, 9.17) is 9.47 Å². The van der Waals surface area contributed by atoms with E-state index in [-0.39, 0.29) is 0 Å². The molecule has 1 aromatic rings. The molecule has 0 amide bonds. The van der Waals surface area contributed by atoms with Crippen molar-refractivity contribution >= 4 is 0 Å². The van der Waals surface area contributed by atoms with Crippen LogP contribution >= 0.6 is 0 Å². The van der Waals surface area contributed by atoms with Gasteiger partial charge in [-0.05, 0) is 13.3 Å². The number of aliphatic hydroxyl groups is 1. The highest BCUT2D eigenvalue weighted by Gasteiger charge is 2.31. The molecule has 0 aliphatic carbocycles. The molecule has 0 saturated heterocycles. The van der Waals surface area contributed by atoms with Gasteiger partial charge in [0.25, 0.3) is 0 Å². The van der Waals surface area contributed by atoms with Crippen LogP contribution in [0.4, 0.5) is 0 Å². The van der Waals surface area contributed by atoms with E-state index in [2.05, 4.69) is 17.3 Å². The van der Waals surface area contributed by atoms with Crippen LogP contribution in [-0.4, -0.2) is 48.8 Å². The molecule has 1 rings (SSSR count). The van der Waals surface area contributed by atoms with Crippen LogP contribution in [0, 0.1) is 0 Å². The van der Waals surface area contributed by atoms with Crippen molar-refractivity contribution in [1.82, 2.24) is 15.1 Å². The fraction of sp³-hybridized carbons (Fsp3) is 0.769. The van der Waals surface area contributed by atoms with Crippen molar-refractivity contribution in [2.45, 2.75) is 32.4 Å². The summed E-state index contributed by atoms with van der Waals surface area (Å²) in [5.41, 5.74) is -0.327. The van der Waals surface area contributed by atoms with Gasteiger partial charge >= 0.3 is 0 Å². The quantitative estimate of drug-likeness (QED) is 0.649. The van der Waals surface area contributed by atoms with Gasteiger partial charge in [-0.1, -0.05) is 6.92 Å². The topological polar surface area (TPSA) is 68.5 Å². The zero-order valence-corrected chi connectivity index (χ0v) is 12.3. The number of hydrogen-bond acceptors (Lipinski definition) is 5. The molecule has 19 heavy (non-hydrogen) atoms. The Morgan fingerprint density at radius 1 is 1.47 bits per heavy atom. The van der Waals surface area contributed by atoms with Crippen molar-refractivity contribution in [2.24, 2.45) is 0 Å². The van der Waals surface area contributed by atoms with Gasteiger partial charge in [0.1, 0.15) is 11.3 Å². The fourth-order valence-electron chi connectivity index (χ4n) is 2.03. The summed E-state index contributed by atoms with van der Waals surface area (Å²) in [6, 6.07) is 0. The number of nitrogens with one attached hydrogen (secondary N) is 1. The molecular weight excluding hydrogens is 246 g/mol. The minimum absolute atomic E-state index is 0.419. The first-order valence-corrected chi connectivity index (χ1v) is 6.59. The first-order valence-electron chi connectivity index (χ1n) is 6.59. The van der Waals surface area contributed by atoms with Crippen LogP contribution in [-0.2, 0) is 16.9 Å². The number of aryl methyl sites for hydroxylation is 1. The first-order chi connectivity index (χ1) is 9.06. The van der Waals surface area contributed by atoms with Gasteiger partial charge in [-0.15, -0.1) is 0 Å². The fourth-order valence-corrected chi connectivity index (χ4v) is 2.03. The number of aromatic nitrogens is 2. The minimum Gasteiger partial charge on any atom is -0.493 e. The number of ether oxygens (including phenoxy) is 2. The Hall–Kier alpha value is -1.11. The summed E-state index contributed by atoms with van der Waals surface area (Å²) < 4.78 is 12.1. The summed E-state index contributed by atoms with van der Waals surface area (Å²) in [6.07, 6.45) is 2.60. The molecule has 6 nitrogen and oxygen atoms in total. The minimum atomic E-state index is -1.04. The molecule has 1 unspecified atom stereocenters. The van der Waals surface area contributed by atoms with Gasteiger partial charge in [-0.2, -0.15) is 5.10 Å². The largest absolute Gasteiger partial charge is 0.493 e. The van der Waals surface area contributed by atoms with Crippen molar-refractivity contribution in [3.05, 3.63) is 11.9 Å². The third-order valence-electron chi connectivity index (χ3n) is 2.92. The molecule has 1 heterocycles. The Morgan fingerprint density at radius 3 is 2.79 bits per heavy atom. The number of hydrogen-bond donors (Lipinski definition) is 2. The van der Waals surface area contributed by atoms with Crippen molar-refractivity contribution in [2.75, 3.05) is 33.9 Å². The molecule has 6 heteroatoms. The highest BCUT2D eigenvalue weighted by Crippen LogP contribution is 2.29. The number of rotatable bonds is 9. The number of nitrogens with zero attached hydrogens (tertiary/aromatic N) is 2. The zero-order chi connectivity index (χ0) is 14.3. The van der Waals surface area contributed by atoms with Gasteiger partial charge in [0.15, 0.2) is 5.75 Å². The standard InChI is InChI=1S/C13H25N3O3/c1-5-7-16-12(11(19-4)9-15-16)13(2,17)10-14-6-8-18-3/h9,14,17H,5-8,10H2,1-4H3. The molecule has 1 atom stereocenters. The van der Waals surface area contributed by atoms with E-state index < -0.39 is 5.60 Å². The van der Waals surface area contributed by atoms with Crippen molar-refractivity contribution in [3.63, 3.8) is 0 Å². The van der Waals surface area contributed by atoms with Gasteiger partial charge < -0.3 is 19.9 Å². The lowest BCUT2D eigenvalue weighted by atomic mass is 10.0. The van der Waals surface area contributed by atoms with Crippen LogP contribution in [0.15, 0.2) is 6.20 Å². The first kappa shape index (κ1) is 15.9. The van der Waals surface area contributed by atoms with E-state index in [0.29, 0.717) is 31.1 Å². The Bertz CT molecular complexity index is 377. The van der Waals surface area contributed by atoms with Crippen LogP contribution in [0.25, 0.3) is 0 Å². The molecule has 0 aliphatic rings. The lowest BCUT2D eigenvalue weighted by molar-refractivity contribution is 0.0431. The van der Waals surface area contributed by atoms with E-state index in [1.54, 1.807) is 32.0 Å². The average molecular weight is 271 g/mol. The maximum absolute atomic E-state index is 10.6. The normalized spacial score (nSPS) is 14.4. The van der Waals surface area contributed by atoms with Gasteiger partial charge in [-0.25, -0.2) is 0 Å². The Labute approximate surface area is 114 Å². The SMILES string of the molecule is CCCn1ncc(OC)c1C(C)(O)CNCCOC. The Kier molecular flexibility index (Phi) is 6.27. The van der Waals surface area contributed by atoms with Crippen molar-refractivity contribution < 1.29 is 14.6 Å². The van der Waals surface area contributed by atoms with Gasteiger partial charge in [0.05, 0.1) is 19.9 Å². The average Bonchev–Trinajstić information content (AvgIpc) is 2.79. The van der Waals surface area contributed by atoms with E-state index >= 15 is 0 Å². The molecule has 0 saturated carbocycles. The molecule has 0 aromatic carbocycles. The molecule has 2 N–H and O–H groups in total. The third-order valence-corrected chi connectivity index (χ3v) is 2.92. The number of methoxy groups -OCH3 is 2. The maximum Gasteiger partial charge on any atom is 0.162 e. The second-order valence-electron chi connectivity index (χ2n) is 4.73. The van der Waals surface area contributed by atoms with E-state index in [1.807, 2.05) is 0 Å². The van der Waals surface area contributed by atoms with Gasteiger partial charge in [-0.3, -0.25) is 4.68 Å². The van der Waals surface area contributed by atoms with Crippen LogP contribution < -0.4 is 10.1 Å². The molecule has 0 fully saturated rings. The maximum atomic E-state index is 10.6. The zero-order valence-electron chi connectivity index (χ0n) is 12.3. The summed E-state index contributed by atoms with van der Waals surface area (Å²) in [6.45, 7) is 6.31.